The van der Waals surface area contributed by atoms with Gasteiger partial charge in [0.05, 0.1) is 11.6 Å². The number of benzene rings is 1. The molecule has 1 aromatic carbocycles. The Kier molecular flexibility index (Phi) is 4.85. The van der Waals surface area contributed by atoms with Crippen LogP contribution in [0.5, 0.6) is 0 Å². The maximum atomic E-state index is 12.2. The van der Waals surface area contributed by atoms with Crippen molar-refractivity contribution in [3.63, 3.8) is 0 Å². The Labute approximate surface area is 145 Å². The van der Waals surface area contributed by atoms with Gasteiger partial charge >= 0.3 is 0 Å². The van der Waals surface area contributed by atoms with Crippen molar-refractivity contribution in [2.75, 3.05) is 6.54 Å². The average Bonchev–Trinajstić information content (AvgIpc) is 3.33. The lowest BCUT2D eigenvalue weighted by atomic mass is 10.1. The van der Waals surface area contributed by atoms with Gasteiger partial charge in [-0.3, -0.25) is 9.59 Å². The van der Waals surface area contributed by atoms with Gasteiger partial charge in [-0.25, -0.2) is 0 Å². The molecule has 2 aromatic rings. The van der Waals surface area contributed by atoms with Gasteiger partial charge in [-0.2, -0.15) is 5.26 Å². The molecule has 0 bridgehead atoms. The summed E-state index contributed by atoms with van der Waals surface area (Å²) in [6.07, 6.45) is 2.32. The molecule has 1 aromatic heterocycles. The molecular weight excluding hydrogens is 318 g/mol. The first kappa shape index (κ1) is 16.8. The third-order valence-corrected chi connectivity index (χ3v) is 4.13. The zero-order valence-electron chi connectivity index (χ0n) is 13.9. The van der Waals surface area contributed by atoms with Crippen LogP contribution in [0, 0.1) is 17.2 Å². The van der Waals surface area contributed by atoms with Crippen LogP contribution < -0.4 is 10.6 Å². The van der Waals surface area contributed by atoms with E-state index >= 15 is 0 Å². The van der Waals surface area contributed by atoms with Crippen molar-refractivity contribution < 1.29 is 14.0 Å². The van der Waals surface area contributed by atoms with E-state index in [4.69, 9.17) is 9.68 Å². The Morgan fingerprint density at radius 1 is 1.24 bits per heavy atom. The maximum absolute atomic E-state index is 12.2. The van der Waals surface area contributed by atoms with Crippen LogP contribution in [0.2, 0.25) is 0 Å². The summed E-state index contributed by atoms with van der Waals surface area (Å²) >= 11 is 0. The number of nitriles is 1. The number of hydrogen-bond donors (Lipinski definition) is 2. The van der Waals surface area contributed by atoms with Gasteiger partial charge in [-0.1, -0.05) is 0 Å². The normalized spacial score (nSPS) is 14.4. The predicted molar refractivity (Wildman–Crippen MR) is 91.5 cm³/mol. The van der Waals surface area contributed by atoms with Crippen LogP contribution in [-0.2, 0) is 4.79 Å². The maximum Gasteiger partial charge on any atom is 0.287 e. The van der Waals surface area contributed by atoms with Crippen LogP contribution in [0.1, 0.15) is 35.9 Å². The molecule has 1 heterocycles. The highest BCUT2D eigenvalue weighted by Gasteiger charge is 2.24. The van der Waals surface area contributed by atoms with Crippen LogP contribution in [0.3, 0.4) is 0 Å². The Morgan fingerprint density at radius 3 is 2.60 bits per heavy atom. The highest BCUT2D eigenvalue weighted by atomic mass is 16.3. The number of amides is 2. The van der Waals surface area contributed by atoms with Gasteiger partial charge in [-0.15, -0.1) is 0 Å². The molecule has 6 nitrogen and oxygen atoms in total. The van der Waals surface area contributed by atoms with Gasteiger partial charge in [0.1, 0.15) is 11.8 Å². The first-order valence-corrected chi connectivity index (χ1v) is 8.26. The molecule has 6 heteroatoms. The topological polar surface area (TPSA) is 95.1 Å². The van der Waals surface area contributed by atoms with Crippen molar-refractivity contribution in [3.05, 3.63) is 47.7 Å². The summed E-state index contributed by atoms with van der Waals surface area (Å²) in [5.74, 6) is 0.627. The van der Waals surface area contributed by atoms with Crippen molar-refractivity contribution in [3.8, 4) is 17.4 Å². The summed E-state index contributed by atoms with van der Waals surface area (Å²) in [6, 6.07) is 11.6. The lowest BCUT2D eigenvalue weighted by molar-refractivity contribution is -0.122. The fraction of sp³-hybridized carbons (Fsp3) is 0.316. The lowest BCUT2D eigenvalue weighted by Crippen LogP contribution is -2.45. The van der Waals surface area contributed by atoms with Gasteiger partial charge in [0.15, 0.2) is 5.76 Å². The van der Waals surface area contributed by atoms with E-state index in [1.807, 2.05) is 6.07 Å². The molecule has 25 heavy (non-hydrogen) atoms. The monoisotopic (exact) mass is 337 g/mol. The quantitative estimate of drug-likeness (QED) is 0.846. The van der Waals surface area contributed by atoms with E-state index in [2.05, 4.69) is 10.6 Å². The smallest absolute Gasteiger partial charge is 0.287 e. The molecule has 1 saturated carbocycles. The molecule has 0 saturated heterocycles. The summed E-state index contributed by atoms with van der Waals surface area (Å²) in [5.41, 5.74) is 1.33. The summed E-state index contributed by atoms with van der Waals surface area (Å²) in [4.78, 5) is 24.2. The van der Waals surface area contributed by atoms with E-state index in [-0.39, 0.29) is 11.7 Å². The third kappa shape index (κ3) is 4.27. The molecular formula is C19H19N3O3. The molecule has 1 aliphatic rings. The number of hydrogen-bond acceptors (Lipinski definition) is 4. The Bertz CT molecular complexity index is 813. The highest BCUT2D eigenvalue weighted by Crippen LogP contribution is 2.27. The van der Waals surface area contributed by atoms with E-state index < -0.39 is 11.9 Å². The molecule has 1 fully saturated rings. The molecule has 2 N–H and O–H groups in total. The zero-order chi connectivity index (χ0) is 17.8. The number of rotatable bonds is 6. The van der Waals surface area contributed by atoms with Gasteiger partial charge < -0.3 is 15.1 Å². The van der Waals surface area contributed by atoms with Crippen LogP contribution in [0.15, 0.2) is 40.8 Å². The van der Waals surface area contributed by atoms with Gasteiger partial charge in [-0.05, 0) is 62.1 Å². The van der Waals surface area contributed by atoms with Gasteiger partial charge in [0.25, 0.3) is 5.91 Å². The predicted octanol–water partition coefficient (Wildman–Crippen LogP) is 2.46. The Morgan fingerprint density at radius 2 is 1.96 bits per heavy atom. The van der Waals surface area contributed by atoms with Crippen molar-refractivity contribution in [1.29, 1.82) is 5.26 Å². The highest BCUT2D eigenvalue weighted by molar-refractivity contribution is 5.95. The van der Waals surface area contributed by atoms with E-state index in [0.717, 1.165) is 18.4 Å². The first-order chi connectivity index (χ1) is 12.1. The standard InChI is InChI=1S/C19H19N3O3/c1-12(18(23)21-11-14-2-3-14)22-19(24)17-9-8-16(25-17)15-6-4-13(10-20)5-7-15/h4-9,12,14H,2-3,11H2,1H3,(H,21,23)(H,22,24). The van der Waals surface area contributed by atoms with Crippen LogP contribution in [0.25, 0.3) is 11.3 Å². The van der Waals surface area contributed by atoms with Crippen molar-refractivity contribution >= 4 is 11.8 Å². The van der Waals surface area contributed by atoms with Gasteiger partial charge in [0.2, 0.25) is 5.91 Å². The number of carbonyl (C=O) groups is 2. The fourth-order valence-electron chi connectivity index (χ4n) is 2.38. The zero-order valence-corrected chi connectivity index (χ0v) is 13.9. The minimum atomic E-state index is -0.630. The van der Waals surface area contributed by atoms with Crippen LogP contribution in [-0.4, -0.2) is 24.4 Å². The molecule has 0 aliphatic heterocycles. The molecule has 0 spiro atoms. The van der Waals surface area contributed by atoms with Crippen molar-refractivity contribution in [2.45, 2.75) is 25.8 Å². The fourth-order valence-corrected chi connectivity index (χ4v) is 2.38. The second kappa shape index (κ2) is 7.22. The van der Waals surface area contributed by atoms with Crippen molar-refractivity contribution in [2.24, 2.45) is 5.92 Å². The van der Waals surface area contributed by atoms with E-state index in [9.17, 15) is 9.59 Å². The molecule has 1 atom stereocenters. The summed E-state index contributed by atoms with van der Waals surface area (Å²) in [7, 11) is 0. The third-order valence-electron chi connectivity index (χ3n) is 4.13. The first-order valence-electron chi connectivity index (χ1n) is 8.26. The second-order valence-electron chi connectivity index (χ2n) is 6.24. The Balaban J connectivity index is 1.59. The van der Waals surface area contributed by atoms with Crippen LogP contribution >= 0.6 is 0 Å². The molecule has 1 aliphatic carbocycles. The van der Waals surface area contributed by atoms with E-state index in [1.165, 1.54) is 0 Å². The number of nitrogens with one attached hydrogen (secondary N) is 2. The molecule has 1 unspecified atom stereocenters. The molecule has 2 amide bonds. The number of carbonyl (C=O) groups excluding carboxylic acids is 2. The SMILES string of the molecule is CC(NC(=O)c1ccc(-c2ccc(C#N)cc2)o1)C(=O)NCC1CC1. The second-order valence-corrected chi connectivity index (χ2v) is 6.24. The summed E-state index contributed by atoms with van der Waals surface area (Å²) < 4.78 is 5.57. The molecule has 128 valence electrons. The minimum absolute atomic E-state index is 0.140. The Hall–Kier alpha value is -3.07. The average molecular weight is 337 g/mol. The summed E-state index contributed by atoms with van der Waals surface area (Å²) in [5, 5.41) is 14.3. The van der Waals surface area contributed by atoms with Crippen LogP contribution in [0.4, 0.5) is 0 Å². The number of nitrogens with zero attached hydrogens (tertiary/aromatic N) is 1. The lowest BCUT2D eigenvalue weighted by Gasteiger charge is -2.13. The summed E-state index contributed by atoms with van der Waals surface area (Å²) in [6.45, 7) is 2.31. The van der Waals surface area contributed by atoms with E-state index in [0.29, 0.717) is 23.8 Å². The minimum Gasteiger partial charge on any atom is -0.451 e. The number of furan rings is 1. The van der Waals surface area contributed by atoms with Crippen molar-refractivity contribution in [1.82, 2.24) is 10.6 Å². The van der Waals surface area contributed by atoms with Gasteiger partial charge in [0, 0.05) is 12.1 Å². The largest absolute Gasteiger partial charge is 0.451 e. The molecule has 3 rings (SSSR count). The van der Waals surface area contributed by atoms with E-state index in [1.54, 1.807) is 43.3 Å². The molecule has 0 radical (unpaired) electrons.